The maximum Gasteiger partial charge on any atom is 0.317 e. The predicted molar refractivity (Wildman–Crippen MR) is 101 cm³/mol. The van der Waals surface area contributed by atoms with Crippen LogP contribution in [0.25, 0.3) is 0 Å². The van der Waals surface area contributed by atoms with Gasteiger partial charge in [-0.25, -0.2) is 4.79 Å². The third-order valence-electron chi connectivity index (χ3n) is 5.70. The number of nitrogens with zero attached hydrogens (tertiary/aromatic N) is 4. The van der Waals surface area contributed by atoms with E-state index in [2.05, 4.69) is 28.6 Å². The van der Waals surface area contributed by atoms with Gasteiger partial charge in [0, 0.05) is 51.6 Å². The summed E-state index contributed by atoms with van der Waals surface area (Å²) in [4.78, 5) is 16.7. The highest BCUT2D eigenvalue weighted by atomic mass is 16.5. The van der Waals surface area contributed by atoms with E-state index < -0.39 is 0 Å². The van der Waals surface area contributed by atoms with E-state index in [-0.39, 0.29) is 6.03 Å². The second-order valence-corrected chi connectivity index (χ2v) is 7.81. The normalized spacial score (nSPS) is 26.8. The average molecular weight is 364 g/mol. The van der Waals surface area contributed by atoms with Crippen molar-refractivity contribution in [2.75, 3.05) is 40.3 Å². The van der Waals surface area contributed by atoms with Crippen molar-refractivity contribution >= 4 is 6.03 Å². The number of nitrogens with one attached hydrogen (secondary N) is 1. The fourth-order valence-corrected chi connectivity index (χ4v) is 4.35. The zero-order valence-corrected chi connectivity index (χ0v) is 16.4. The van der Waals surface area contributed by atoms with Crippen LogP contribution in [0, 0.1) is 5.92 Å². The van der Waals surface area contributed by atoms with Gasteiger partial charge in [0.2, 0.25) is 0 Å². The fourth-order valence-electron chi connectivity index (χ4n) is 4.35. The molecule has 2 aliphatic rings. The number of piperidine rings is 1. The van der Waals surface area contributed by atoms with Gasteiger partial charge < -0.3 is 15.0 Å². The number of amides is 2. The molecule has 0 spiro atoms. The van der Waals surface area contributed by atoms with Crippen molar-refractivity contribution in [3.63, 3.8) is 0 Å². The van der Waals surface area contributed by atoms with E-state index in [0.29, 0.717) is 24.6 Å². The second-order valence-electron chi connectivity index (χ2n) is 7.81. The van der Waals surface area contributed by atoms with Crippen LogP contribution in [0.1, 0.15) is 43.7 Å². The summed E-state index contributed by atoms with van der Waals surface area (Å²) in [7, 11) is 6.02. The number of aryl methyl sites for hydroxylation is 1. The maximum absolute atomic E-state index is 12.5. The number of urea groups is 1. The molecule has 1 aromatic heterocycles. The van der Waals surface area contributed by atoms with Crippen LogP contribution in [0.5, 0.6) is 0 Å². The summed E-state index contributed by atoms with van der Waals surface area (Å²) >= 11 is 0. The summed E-state index contributed by atoms with van der Waals surface area (Å²) in [5.74, 6) is 0.423. The number of carbonyl (C=O) groups excluding carboxylic acids is 1. The minimum Gasteiger partial charge on any atom is -0.378 e. The first-order valence-electron chi connectivity index (χ1n) is 9.84. The summed E-state index contributed by atoms with van der Waals surface area (Å²) < 4.78 is 7.47. The molecule has 3 atom stereocenters. The van der Waals surface area contributed by atoms with Crippen molar-refractivity contribution in [3.8, 4) is 0 Å². The van der Waals surface area contributed by atoms with Crippen molar-refractivity contribution < 1.29 is 9.53 Å². The molecule has 7 nitrogen and oxygen atoms in total. The van der Waals surface area contributed by atoms with Gasteiger partial charge >= 0.3 is 6.03 Å². The second kappa shape index (κ2) is 8.86. The van der Waals surface area contributed by atoms with Crippen molar-refractivity contribution in [3.05, 3.63) is 18.0 Å². The summed E-state index contributed by atoms with van der Waals surface area (Å²) in [6.45, 7) is 3.40. The Labute approximate surface area is 156 Å². The molecule has 3 heterocycles. The molecule has 26 heavy (non-hydrogen) atoms. The number of hydrogen-bond donors (Lipinski definition) is 1. The Morgan fingerprint density at radius 1 is 1.38 bits per heavy atom. The molecule has 2 aliphatic heterocycles. The molecule has 1 N–H and O–H groups in total. The van der Waals surface area contributed by atoms with Crippen molar-refractivity contribution in [1.29, 1.82) is 0 Å². The molecule has 0 bridgehead atoms. The van der Waals surface area contributed by atoms with Crippen molar-refractivity contribution in [2.45, 2.75) is 44.2 Å². The molecule has 0 aliphatic carbocycles. The Kier molecular flexibility index (Phi) is 6.53. The van der Waals surface area contributed by atoms with Crippen LogP contribution >= 0.6 is 0 Å². The van der Waals surface area contributed by atoms with E-state index in [1.165, 1.54) is 12.0 Å². The van der Waals surface area contributed by atoms with E-state index in [1.54, 1.807) is 0 Å². The third kappa shape index (κ3) is 4.76. The van der Waals surface area contributed by atoms with Crippen LogP contribution in [0.4, 0.5) is 4.79 Å². The average Bonchev–Trinajstić information content (AvgIpc) is 3.26. The van der Waals surface area contributed by atoms with Gasteiger partial charge in [0.1, 0.15) is 0 Å². The number of hydrogen-bond acceptors (Lipinski definition) is 4. The standard InChI is InChI=1S/C19H33N5O2/c1-22-10-4-6-15(18(22)16-12-21-24(3)14-16)13-23(2)19(25)20-9-8-17-7-5-11-26-17/h12,14-15,17-18H,4-11,13H2,1-3H3,(H,20,25)/t15-,17+,18+/m0/s1. The first-order valence-corrected chi connectivity index (χ1v) is 9.84. The Balaban J connectivity index is 1.52. The highest BCUT2D eigenvalue weighted by molar-refractivity contribution is 5.73. The van der Waals surface area contributed by atoms with Gasteiger partial charge in [-0.3, -0.25) is 9.58 Å². The number of rotatable bonds is 6. The molecule has 2 fully saturated rings. The minimum absolute atomic E-state index is 0.0150. The molecule has 7 heteroatoms. The molecule has 2 saturated heterocycles. The number of likely N-dealkylation sites (tertiary alicyclic amines) is 1. The van der Waals surface area contributed by atoms with Crippen LogP contribution < -0.4 is 5.32 Å². The number of carbonyl (C=O) groups is 1. The SMILES string of the molecule is CN(C[C@@H]1CCCN(C)[C@H]1c1cnn(C)c1)C(=O)NCC[C@H]1CCCO1. The van der Waals surface area contributed by atoms with Crippen LogP contribution in [0.15, 0.2) is 12.4 Å². The summed E-state index contributed by atoms with van der Waals surface area (Å²) in [5.41, 5.74) is 1.24. The van der Waals surface area contributed by atoms with Gasteiger partial charge in [0.05, 0.1) is 12.3 Å². The molecule has 0 radical (unpaired) electrons. The Bertz CT molecular complexity index is 584. The Hall–Kier alpha value is -1.60. The van der Waals surface area contributed by atoms with Crippen LogP contribution in [0.2, 0.25) is 0 Å². The van der Waals surface area contributed by atoms with E-state index in [4.69, 9.17) is 4.74 Å². The first-order chi connectivity index (χ1) is 12.5. The molecule has 1 aromatic rings. The Morgan fingerprint density at radius 2 is 2.23 bits per heavy atom. The number of aromatic nitrogens is 2. The van der Waals surface area contributed by atoms with E-state index in [1.807, 2.05) is 29.9 Å². The molecule has 146 valence electrons. The summed E-state index contributed by atoms with van der Waals surface area (Å²) in [6, 6.07) is 0.334. The highest BCUT2D eigenvalue weighted by Crippen LogP contribution is 2.35. The summed E-state index contributed by atoms with van der Waals surface area (Å²) in [6.07, 6.45) is 9.86. The first kappa shape index (κ1) is 19.2. The third-order valence-corrected chi connectivity index (χ3v) is 5.70. The van der Waals surface area contributed by atoms with Crippen LogP contribution in [0.3, 0.4) is 0 Å². The van der Waals surface area contributed by atoms with Gasteiger partial charge in [-0.1, -0.05) is 0 Å². The van der Waals surface area contributed by atoms with Crippen molar-refractivity contribution in [2.24, 2.45) is 13.0 Å². The van der Waals surface area contributed by atoms with Gasteiger partial charge in [0.25, 0.3) is 0 Å². The topological polar surface area (TPSA) is 62.6 Å². The number of ether oxygens (including phenoxy) is 1. The smallest absolute Gasteiger partial charge is 0.317 e. The fraction of sp³-hybridized carbons (Fsp3) is 0.789. The van der Waals surface area contributed by atoms with Crippen LogP contribution in [-0.4, -0.2) is 72.1 Å². The molecule has 0 unspecified atom stereocenters. The molecule has 0 aromatic carbocycles. The van der Waals surface area contributed by atoms with Crippen LogP contribution in [-0.2, 0) is 11.8 Å². The Morgan fingerprint density at radius 3 is 2.92 bits per heavy atom. The molecule has 2 amide bonds. The molecule has 3 rings (SSSR count). The lowest BCUT2D eigenvalue weighted by atomic mass is 9.86. The molecular weight excluding hydrogens is 330 g/mol. The lowest BCUT2D eigenvalue weighted by Crippen LogP contribution is -2.45. The predicted octanol–water partition coefficient (Wildman–Crippen LogP) is 2.01. The van der Waals surface area contributed by atoms with E-state index >= 15 is 0 Å². The van der Waals surface area contributed by atoms with Gasteiger partial charge in [-0.2, -0.15) is 5.10 Å². The highest BCUT2D eigenvalue weighted by Gasteiger charge is 2.32. The zero-order valence-electron chi connectivity index (χ0n) is 16.4. The van der Waals surface area contributed by atoms with E-state index in [0.717, 1.165) is 45.4 Å². The minimum atomic E-state index is 0.0150. The zero-order chi connectivity index (χ0) is 18.5. The van der Waals surface area contributed by atoms with Crippen molar-refractivity contribution in [1.82, 2.24) is 24.9 Å². The lowest BCUT2D eigenvalue weighted by Gasteiger charge is -2.40. The van der Waals surface area contributed by atoms with Gasteiger partial charge in [-0.05, 0) is 51.6 Å². The quantitative estimate of drug-likeness (QED) is 0.840. The van der Waals surface area contributed by atoms with E-state index in [9.17, 15) is 4.79 Å². The maximum atomic E-state index is 12.5. The largest absolute Gasteiger partial charge is 0.378 e. The molecular formula is C19H33N5O2. The van der Waals surface area contributed by atoms with Gasteiger partial charge in [-0.15, -0.1) is 0 Å². The molecule has 0 saturated carbocycles. The summed E-state index contributed by atoms with van der Waals surface area (Å²) in [5, 5.41) is 7.38. The monoisotopic (exact) mass is 363 g/mol. The lowest BCUT2D eigenvalue weighted by molar-refractivity contribution is 0.0967. The van der Waals surface area contributed by atoms with Gasteiger partial charge in [0.15, 0.2) is 0 Å².